The van der Waals surface area contributed by atoms with Crippen LogP contribution in [0.15, 0.2) is 120 Å². The van der Waals surface area contributed by atoms with Crippen LogP contribution in [-0.4, -0.2) is 35.0 Å². The Morgan fingerprint density at radius 3 is 2.09 bits per heavy atom. The summed E-state index contributed by atoms with van der Waals surface area (Å²) in [6, 6.07) is 33.2. The lowest BCUT2D eigenvalue weighted by Gasteiger charge is -2.29. The molecule has 1 aromatic heterocycles. The highest BCUT2D eigenvalue weighted by Crippen LogP contribution is 2.32. The second-order valence-corrected chi connectivity index (χ2v) is 13.8. The third-order valence-corrected chi connectivity index (χ3v) is 9.35. The van der Waals surface area contributed by atoms with Gasteiger partial charge in [0.15, 0.2) is 5.76 Å². The molecular formula is C42H34Cl2N2O8. The van der Waals surface area contributed by atoms with Crippen LogP contribution in [0.1, 0.15) is 52.2 Å². The number of carboxylic acid groups (broad SMARTS) is 1. The molecule has 54 heavy (non-hydrogen) atoms. The van der Waals surface area contributed by atoms with Crippen molar-refractivity contribution < 1.29 is 38.1 Å². The molecule has 6 aromatic rings. The van der Waals surface area contributed by atoms with E-state index in [1.165, 1.54) is 6.07 Å². The van der Waals surface area contributed by atoms with Gasteiger partial charge in [0.25, 0.3) is 11.9 Å². The van der Waals surface area contributed by atoms with Gasteiger partial charge < -0.3 is 34.4 Å². The van der Waals surface area contributed by atoms with Gasteiger partial charge in [-0.1, -0.05) is 59.6 Å². The van der Waals surface area contributed by atoms with Gasteiger partial charge in [-0.25, -0.2) is 4.79 Å². The van der Waals surface area contributed by atoms with E-state index in [1.807, 2.05) is 36.4 Å². The minimum absolute atomic E-state index is 0.00195. The molecular weight excluding hydrogens is 731 g/mol. The number of para-hydroxylation sites is 1. The highest BCUT2D eigenvalue weighted by Gasteiger charge is 2.25. The predicted molar refractivity (Wildman–Crippen MR) is 206 cm³/mol. The van der Waals surface area contributed by atoms with Gasteiger partial charge in [-0.15, -0.1) is 0 Å². The average Bonchev–Trinajstić information content (AvgIpc) is 3.61. The van der Waals surface area contributed by atoms with Crippen molar-refractivity contribution in [1.29, 1.82) is 0 Å². The maximum atomic E-state index is 12.9. The van der Waals surface area contributed by atoms with Crippen molar-refractivity contribution in [2.75, 3.05) is 5.32 Å². The number of amides is 2. The topological polar surface area (TPSA) is 136 Å². The molecule has 1 fully saturated rings. The summed E-state index contributed by atoms with van der Waals surface area (Å²) >= 11 is 12.1. The molecule has 0 unspecified atom stereocenters. The van der Waals surface area contributed by atoms with E-state index in [2.05, 4.69) is 10.6 Å². The van der Waals surface area contributed by atoms with Crippen molar-refractivity contribution in [3.8, 4) is 28.9 Å². The number of carbonyl (C=O) groups is 3. The Bertz CT molecular complexity index is 2300. The van der Waals surface area contributed by atoms with Crippen LogP contribution in [0.2, 0.25) is 10.0 Å². The first-order chi connectivity index (χ1) is 26.1. The number of ether oxygens (including phenoxy) is 3. The summed E-state index contributed by atoms with van der Waals surface area (Å²) in [6.07, 6.45) is 3.23. The molecule has 1 heterocycles. The fraction of sp³-hybridized carbons (Fsp3) is 0.167. The number of hydrogen-bond acceptors (Lipinski definition) is 7. The molecule has 5 aromatic carbocycles. The van der Waals surface area contributed by atoms with Crippen LogP contribution < -0.4 is 24.8 Å². The lowest BCUT2D eigenvalue weighted by molar-refractivity contribution is -0.115. The fourth-order valence-corrected chi connectivity index (χ4v) is 6.79. The SMILES string of the molecule is O=C(Cc1ccc(Oc2ccc3cc(OC4CCC(NC(=O)c5ccc(Oc6cc(Cl)cc(Cl)c6)o5)CC4)ccc3c2)cc1)Nc1ccccc1C(=O)O. The molecule has 0 saturated heterocycles. The van der Waals surface area contributed by atoms with E-state index in [0.29, 0.717) is 27.3 Å². The van der Waals surface area contributed by atoms with E-state index in [-0.39, 0.29) is 53.3 Å². The molecule has 12 heteroatoms. The number of carboxylic acids is 1. The van der Waals surface area contributed by atoms with Crippen molar-refractivity contribution in [3.05, 3.63) is 142 Å². The molecule has 10 nitrogen and oxygen atoms in total. The second-order valence-electron chi connectivity index (χ2n) is 12.9. The van der Waals surface area contributed by atoms with E-state index in [0.717, 1.165) is 47.8 Å². The van der Waals surface area contributed by atoms with Gasteiger partial charge in [0.05, 0.1) is 23.8 Å². The van der Waals surface area contributed by atoms with Gasteiger partial charge in [0.2, 0.25) is 5.91 Å². The largest absolute Gasteiger partial charge is 0.490 e. The molecule has 0 spiro atoms. The zero-order valence-corrected chi connectivity index (χ0v) is 30.2. The van der Waals surface area contributed by atoms with Crippen LogP contribution in [0.4, 0.5) is 5.69 Å². The lowest BCUT2D eigenvalue weighted by atomic mass is 9.93. The summed E-state index contributed by atoms with van der Waals surface area (Å²) in [4.78, 5) is 36.9. The summed E-state index contributed by atoms with van der Waals surface area (Å²) < 4.78 is 23.7. The number of halogens is 2. The minimum atomic E-state index is -1.11. The van der Waals surface area contributed by atoms with E-state index >= 15 is 0 Å². The molecule has 3 N–H and O–H groups in total. The standard InChI is InChI=1S/C42H34Cl2N2O8/c43-28-22-29(44)24-35(23-28)53-40-18-17-38(54-40)41(48)45-30-9-15-32(16-10-30)52-34-14-8-26-20-33(13-7-27(26)21-34)51-31-11-5-25(6-12-31)19-39(47)46-37-4-2-1-3-36(37)42(49)50/h1-8,11-14,17-18,20-24,30,32H,9-10,15-16,19H2,(H,45,48)(H,46,47)(H,49,50). The van der Waals surface area contributed by atoms with Gasteiger partial charge in [0, 0.05) is 22.2 Å². The fourth-order valence-electron chi connectivity index (χ4n) is 6.28. The maximum Gasteiger partial charge on any atom is 0.337 e. The number of nitrogens with one attached hydrogen (secondary N) is 2. The Balaban J connectivity index is 0.869. The second kappa shape index (κ2) is 16.4. The molecule has 0 bridgehead atoms. The number of fused-ring (bicyclic) bond motifs is 1. The molecule has 1 aliphatic rings. The Labute approximate surface area is 320 Å². The highest BCUT2D eigenvalue weighted by molar-refractivity contribution is 6.34. The molecule has 1 saturated carbocycles. The summed E-state index contributed by atoms with van der Waals surface area (Å²) in [5.41, 5.74) is 1.05. The van der Waals surface area contributed by atoms with Crippen LogP contribution in [0, 0.1) is 0 Å². The molecule has 0 aliphatic heterocycles. The van der Waals surface area contributed by atoms with E-state index in [1.54, 1.807) is 72.8 Å². The van der Waals surface area contributed by atoms with Crippen LogP contribution in [0.5, 0.6) is 28.9 Å². The third-order valence-electron chi connectivity index (χ3n) is 8.91. The maximum absolute atomic E-state index is 12.9. The van der Waals surface area contributed by atoms with E-state index in [9.17, 15) is 19.5 Å². The Morgan fingerprint density at radius 1 is 0.704 bits per heavy atom. The smallest absolute Gasteiger partial charge is 0.337 e. The van der Waals surface area contributed by atoms with Gasteiger partial charge in [-0.2, -0.15) is 0 Å². The number of aromatic carboxylic acids is 1. The zero-order valence-electron chi connectivity index (χ0n) is 28.7. The number of benzene rings is 5. The predicted octanol–water partition coefficient (Wildman–Crippen LogP) is 10.3. The van der Waals surface area contributed by atoms with Crippen LogP contribution in [0.3, 0.4) is 0 Å². The number of carbonyl (C=O) groups excluding carboxylic acids is 2. The average molecular weight is 766 g/mol. The Kier molecular flexibility index (Phi) is 11.0. The number of anilines is 1. The van der Waals surface area contributed by atoms with Crippen LogP contribution in [0.25, 0.3) is 10.8 Å². The van der Waals surface area contributed by atoms with Crippen molar-refractivity contribution in [2.45, 2.75) is 44.2 Å². The summed E-state index contributed by atoms with van der Waals surface area (Å²) in [5, 5.41) is 17.9. The van der Waals surface area contributed by atoms with Crippen molar-refractivity contribution in [1.82, 2.24) is 5.32 Å². The zero-order chi connectivity index (χ0) is 37.6. The summed E-state index contributed by atoms with van der Waals surface area (Å²) in [7, 11) is 0. The van der Waals surface area contributed by atoms with Crippen molar-refractivity contribution in [3.63, 3.8) is 0 Å². The first kappa shape index (κ1) is 36.4. The Morgan fingerprint density at radius 2 is 1.37 bits per heavy atom. The molecule has 0 radical (unpaired) electrons. The normalized spacial score (nSPS) is 15.3. The van der Waals surface area contributed by atoms with E-state index < -0.39 is 5.97 Å². The van der Waals surface area contributed by atoms with Gasteiger partial charge in [-0.05, 0) is 115 Å². The molecule has 274 valence electrons. The van der Waals surface area contributed by atoms with Crippen LogP contribution >= 0.6 is 23.2 Å². The van der Waals surface area contributed by atoms with E-state index in [4.69, 9.17) is 41.8 Å². The Hall–Kier alpha value is -5.97. The molecule has 0 atom stereocenters. The highest BCUT2D eigenvalue weighted by atomic mass is 35.5. The summed E-state index contributed by atoms with van der Waals surface area (Å²) in [6.45, 7) is 0. The lowest BCUT2D eigenvalue weighted by Crippen LogP contribution is -2.39. The first-order valence-corrected chi connectivity index (χ1v) is 18.0. The van der Waals surface area contributed by atoms with Gasteiger partial charge in [0.1, 0.15) is 23.0 Å². The molecule has 7 rings (SSSR count). The number of furan rings is 1. The number of hydrogen-bond donors (Lipinski definition) is 3. The minimum Gasteiger partial charge on any atom is -0.490 e. The van der Waals surface area contributed by atoms with Crippen molar-refractivity contribution in [2.24, 2.45) is 0 Å². The molecule has 2 amide bonds. The monoisotopic (exact) mass is 764 g/mol. The summed E-state index contributed by atoms with van der Waals surface area (Å²) in [5.74, 6) is 1.04. The van der Waals surface area contributed by atoms with Gasteiger partial charge >= 0.3 is 5.97 Å². The third kappa shape index (κ3) is 9.33. The first-order valence-electron chi connectivity index (χ1n) is 17.3. The van der Waals surface area contributed by atoms with Crippen LogP contribution in [-0.2, 0) is 11.2 Å². The van der Waals surface area contributed by atoms with Crippen molar-refractivity contribution >= 4 is 57.4 Å². The molecule has 1 aliphatic carbocycles. The quantitative estimate of drug-likeness (QED) is 0.112. The van der Waals surface area contributed by atoms with Gasteiger partial charge in [-0.3, -0.25) is 9.59 Å². The number of rotatable bonds is 12.